The second kappa shape index (κ2) is 10.9. The average Bonchev–Trinajstić information content (AvgIpc) is 3.88. The number of hydrogen-bond acceptors (Lipinski definition) is 3. The van der Waals surface area contributed by atoms with E-state index in [1.165, 1.54) is 27.1 Å². The first-order valence-electron chi connectivity index (χ1n) is 16.4. The summed E-state index contributed by atoms with van der Waals surface area (Å²) < 4.78 is 4.73. The van der Waals surface area contributed by atoms with Gasteiger partial charge in [-0.05, 0) is 42.5 Å². The fraction of sp³-hybridized carbons (Fsp3) is 0. The summed E-state index contributed by atoms with van der Waals surface area (Å²) in [7, 11) is 0. The van der Waals surface area contributed by atoms with Crippen molar-refractivity contribution in [3.63, 3.8) is 0 Å². The molecular weight excluding hydrogens is 601 g/mol. The van der Waals surface area contributed by atoms with Gasteiger partial charge in [0.1, 0.15) is 5.82 Å². The van der Waals surface area contributed by atoms with Gasteiger partial charge in [0, 0.05) is 38.4 Å². The van der Waals surface area contributed by atoms with Gasteiger partial charge in [0.15, 0.2) is 17.5 Å². The van der Waals surface area contributed by atoms with Crippen molar-refractivity contribution in [2.45, 2.75) is 0 Å². The van der Waals surface area contributed by atoms with Crippen LogP contribution in [0.15, 0.2) is 164 Å². The van der Waals surface area contributed by atoms with E-state index in [1.54, 1.807) is 0 Å². The highest BCUT2D eigenvalue weighted by Crippen LogP contribution is 2.42. The molecule has 0 aliphatic heterocycles. The quantitative estimate of drug-likeness (QED) is 0.206. The molecule has 0 aliphatic rings. The molecule has 6 aromatic carbocycles. The molecule has 4 heterocycles. The molecule has 0 atom stereocenters. The number of rotatable bonds is 5. The van der Waals surface area contributed by atoms with Crippen LogP contribution in [-0.2, 0) is 0 Å². The maximum Gasteiger partial charge on any atom is 0.180 e. The minimum atomic E-state index is 0.588. The van der Waals surface area contributed by atoms with E-state index in [1.807, 2.05) is 60.7 Å². The summed E-state index contributed by atoms with van der Waals surface area (Å²) in [6.07, 6.45) is 0. The molecule has 0 unspecified atom stereocenters. The van der Waals surface area contributed by atoms with E-state index < -0.39 is 0 Å². The zero-order chi connectivity index (χ0) is 32.3. The zero-order valence-electron chi connectivity index (χ0n) is 26.3. The van der Waals surface area contributed by atoms with E-state index in [-0.39, 0.29) is 0 Å². The highest BCUT2D eigenvalue weighted by atomic mass is 15.1. The summed E-state index contributed by atoms with van der Waals surface area (Å²) in [5, 5.41) is 4.82. The van der Waals surface area contributed by atoms with Crippen molar-refractivity contribution in [1.29, 1.82) is 0 Å². The largest absolute Gasteiger partial charge is 0.338 e. The Kier molecular flexibility index (Phi) is 6.08. The first kappa shape index (κ1) is 27.3. The molecule has 1 N–H and O–H groups in total. The van der Waals surface area contributed by atoms with Crippen molar-refractivity contribution < 1.29 is 0 Å². The van der Waals surface area contributed by atoms with E-state index in [2.05, 4.69) is 117 Å². The minimum absolute atomic E-state index is 0.588. The van der Waals surface area contributed by atoms with E-state index >= 15 is 0 Å². The number of para-hydroxylation sites is 3. The van der Waals surface area contributed by atoms with Gasteiger partial charge in [0.05, 0.1) is 27.8 Å². The van der Waals surface area contributed by atoms with Crippen molar-refractivity contribution >= 4 is 43.6 Å². The molecule has 6 nitrogen and oxygen atoms in total. The number of fused-ring (bicyclic) bond motifs is 7. The van der Waals surface area contributed by atoms with Crippen LogP contribution in [-0.4, -0.2) is 29.1 Å². The highest BCUT2D eigenvalue weighted by Gasteiger charge is 2.22. The number of aromatic amines is 1. The predicted octanol–water partition coefficient (Wildman–Crippen LogP) is 10.4. The molecule has 4 aromatic heterocycles. The summed E-state index contributed by atoms with van der Waals surface area (Å²) in [6, 6.07) is 56.8. The molecule has 0 fully saturated rings. The Labute approximate surface area is 281 Å². The smallest absolute Gasteiger partial charge is 0.180 e. The van der Waals surface area contributed by atoms with E-state index in [9.17, 15) is 0 Å². The van der Waals surface area contributed by atoms with Crippen LogP contribution in [0.4, 0.5) is 0 Å². The van der Waals surface area contributed by atoms with Crippen molar-refractivity contribution in [3.05, 3.63) is 164 Å². The van der Waals surface area contributed by atoms with Gasteiger partial charge in [-0.3, -0.25) is 4.57 Å². The standard InChI is InChI=1S/C43H28N6/c1-4-14-28(15-5-1)41-45-42(29-16-6-2-7-17-29)47-43(46-41)34-25-27-38(44-34)49-35-22-12-10-20-31(35)32-24-26-37-39(40(32)49)33-21-11-13-23-36(33)48(37)30-18-8-3-9-19-30/h1-27,44H. The Morgan fingerprint density at radius 3 is 1.61 bits per heavy atom. The van der Waals surface area contributed by atoms with Crippen LogP contribution in [0.5, 0.6) is 0 Å². The fourth-order valence-electron chi connectivity index (χ4n) is 7.19. The third-order valence-corrected chi connectivity index (χ3v) is 9.34. The molecular formula is C43H28N6. The normalized spacial score (nSPS) is 11.7. The van der Waals surface area contributed by atoms with Gasteiger partial charge in [-0.1, -0.05) is 121 Å². The lowest BCUT2D eigenvalue weighted by molar-refractivity contribution is 1.05. The third-order valence-electron chi connectivity index (χ3n) is 9.34. The van der Waals surface area contributed by atoms with Gasteiger partial charge in [0.2, 0.25) is 0 Å². The Morgan fingerprint density at radius 1 is 0.388 bits per heavy atom. The van der Waals surface area contributed by atoms with Gasteiger partial charge in [-0.2, -0.15) is 0 Å². The second-order valence-corrected chi connectivity index (χ2v) is 12.2. The lowest BCUT2D eigenvalue weighted by Gasteiger charge is -2.09. The molecule has 6 heteroatoms. The zero-order valence-corrected chi connectivity index (χ0v) is 26.3. The summed E-state index contributed by atoms with van der Waals surface area (Å²) in [5.74, 6) is 2.79. The van der Waals surface area contributed by atoms with Crippen molar-refractivity contribution in [1.82, 2.24) is 29.1 Å². The van der Waals surface area contributed by atoms with Crippen molar-refractivity contribution in [3.8, 4) is 45.8 Å². The molecule has 0 saturated heterocycles. The van der Waals surface area contributed by atoms with E-state index in [4.69, 9.17) is 15.0 Å². The van der Waals surface area contributed by atoms with Gasteiger partial charge in [0.25, 0.3) is 0 Å². The summed E-state index contributed by atoms with van der Waals surface area (Å²) in [5.41, 5.74) is 8.45. The van der Waals surface area contributed by atoms with E-state index in [0.717, 1.165) is 44.9 Å². The Morgan fingerprint density at radius 2 is 0.939 bits per heavy atom. The average molecular weight is 629 g/mol. The van der Waals surface area contributed by atoms with Gasteiger partial charge in [-0.15, -0.1) is 0 Å². The molecule has 0 aliphatic carbocycles. The number of aromatic nitrogens is 6. The molecule has 49 heavy (non-hydrogen) atoms. The molecule has 0 bridgehead atoms. The number of nitrogens with zero attached hydrogens (tertiary/aromatic N) is 5. The molecule has 10 rings (SSSR count). The SMILES string of the molecule is c1ccc(-c2nc(-c3ccccc3)nc(-c3ccc(-n4c5ccccc5c5ccc6c(c7ccccc7n6-c6ccccc6)c54)[nH]3)n2)cc1. The van der Waals surface area contributed by atoms with Gasteiger partial charge < -0.3 is 9.55 Å². The van der Waals surface area contributed by atoms with Crippen LogP contribution in [0.25, 0.3) is 89.4 Å². The second-order valence-electron chi connectivity index (χ2n) is 12.2. The lowest BCUT2D eigenvalue weighted by atomic mass is 10.1. The fourth-order valence-corrected chi connectivity index (χ4v) is 7.19. The number of hydrogen-bond donors (Lipinski definition) is 1. The molecule has 230 valence electrons. The summed E-state index contributed by atoms with van der Waals surface area (Å²) >= 11 is 0. The predicted molar refractivity (Wildman–Crippen MR) is 199 cm³/mol. The van der Waals surface area contributed by atoms with Crippen molar-refractivity contribution in [2.24, 2.45) is 0 Å². The maximum absolute atomic E-state index is 4.98. The number of H-pyrrole nitrogens is 1. The molecule has 0 amide bonds. The molecule has 0 radical (unpaired) electrons. The monoisotopic (exact) mass is 628 g/mol. The Balaban J connectivity index is 1.24. The topological polar surface area (TPSA) is 64.3 Å². The molecule has 0 saturated carbocycles. The van der Waals surface area contributed by atoms with Crippen LogP contribution in [0.2, 0.25) is 0 Å². The maximum atomic E-state index is 4.98. The van der Waals surface area contributed by atoms with Gasteiger partial charge in [-0.25, -0.2) is 15.0 Å². The Hall–Kier alpha value is -6.79. The molecule has 0 spiro atoms. The summed E-state index contributed by atoms with van der Waals surface area (Å²) in [4.78, 5) is 18.6. The van der Waals surface area contributed by atoms with Crippen LogP contribution in [0.3, 0.4) is 0 Å². The summed E-state index contributed by atoms with van der Waals surface area (Å²) in [6.45, 7) is 0. The molecule has 10 aromatic rings. The first-order chi connectivity index (χ1) is 24.3. The van der Waals surface area contributed by atoms with Crippen LogP contribution in [0, 0.1) is 0 Å². The first-order valence-corrected chi connectivity index (χ1v) is 16.4. The lowest BCUT2D eigenvalue weighted by Crippen LogP contribution is -2.01. The third kappa shape index (κ3) is 4.31. The van der Waals surface area contributed by atoms with Crippen LogP contribution >= 0.6 is 0 Å². The van der Waals surface area contributed by atoms with Crippen LogP contribution < -0.4 is 0 Å². The highest BCUT2D eigenvalue weighted by molar-refractivity contribution is 6.26. The minimum Gasteiger partial charge on any atom is -0.338 e. The number of nitrogens with one attached hydrogen (secondary N) is 1. The number of benzene rings is 6. The Bertz CT molecular complexity index is 2750. The van der Waals surface area contributed by atoms with E-state index in [0.29, 0.717) is 17.5 Å². The van der Waals surface area contributed by atoms with Gasteiger partial charge >= 0.3 is 0 Å². The van der Waals surface area contributed by atoms with Crippen molar-refractivity contribution in [2.75, 3.05) is 0 Å². The van der Waals surface area contributed by atoms with Crippen LogP contribution in [0.1, 0.15) is 0 Å².